The van der Waals surface area contributed by atoms with Crippen LogP contribution in [-0.2, 0) is 11.3 Å². The van der Waals surface area contributed by atoms with Crippen LogP contribution in [0.5, 0.6) is 5.75 Å². The first kappa shape index (κ1) is 17.0. The molecular formula is C15H23BrN2O2. The van der Waals surface area contributed by atoms with Gasteiger partial charge in [-0.2, -0.15) is 0 Å². The number of halogens is 1. The van der Waals surface area contributed by atoms with Gasteiger partial charge in [0, 0.05) is 24.1 Å². The number of carbonyl (C=O) groups is 1. The van der Waals surface area contributed by atoms with Crippen LogP contribution in [0.4, 0.5) is 0 Å². The van der Waals surface area contributed by atoms with E-state index in [1.54, 1.807) is 11.8 Å². The minimum Gasteiger partial charge on any atom is -0.481 e. The summed E-state index contributed by atoms with van der Waals surface area (Å²) < 4.78 is 6.79. The summed E-state index contributed by atoms with van der Waals surface area (Å²) in [4.78, 5) is 13.9. The molecule has 0 spiro atoms. The van der Waals surface area contributed by atoms with Gasteiger partial charge < -0.3 is 15.0 Å². The quantitative estimate of drug-likeness (QED) is 0.828. The summed E-state index contributed by atoms with van der Waals surface area (Å²) in [6, 6.07) is 5.76. The Morgan fingerprint density at radius 2 is 2.05 bits per heavy atom. The Labute approximate surface area is 129 Å². The van der Waals surface area contributed by atoms with Crippen molar-refractivity contribution in [2.45, 2.75) is 33.4 Å². The van der Waals surface area contributed by atoms with E-state index in [0.29, 0.717) is 18.8 Å². The number of ether oxygens (including phenoxy) is 1. The van der Waals surface area contributed by atoms with Gasteiger partial charge >= 0.3 is 0 Å². The maximum Gasteiger partial charge on any atom is 0.263 e. The molecule has 0 saturated carbocycles. The van der Waals surface area contributed by atoms with Crippen LogP contribution in [0.25, 0.3) is 0 Å². The van der Waals surface area contributed by atoms with Crippen LogP contribution < -0.4 is 10.1 Å². The summed E-state index contributed by atoms with van der Waals surface area (Å²) in [5.41, 5.74) is 1.10. The molecule has 0 fully saturated rings. The molecule has 0 bridgehead atoms. The molecule has 20 heavy (non-hydrogen) atoms. The van der Waals surface area contributed by atoms with Crippen molar-refractivity contribution in [1.29, 1.82) is 0 Å². The second-order valence-corrected chi connectivity index (χ2v) is 5.41. The van der Waals surface area contributed by atoms with Gasteiger partial charge in [0.2, 0.25) is 0 Å². The molecule has 0 radical (unpaired) electrons. The zero-order chi connectivity index (χ0) is 15.1. The zero-order valence-corrected chi connectivity index (χ0v) is 14.2. The van der Waals surface area contributed by atoms with Crippen LogP contribution in [0.3, 0.4) is 0 Å². The molecule has 5 heteroatoms. The summed E-state index contributed by atoms with van der Waals surface area (Å²) in [7, 11) is 1.90. The molecule has 4 nitrogen and oxygen atoms in total. The van der Waals surface area contributed by atoms with Gasteiger partial charge in [0.05, 0.1) is 0 Å². The lowest BCUT2D eigenvalue weighted by Gasteiger charge is -2.23. The van der Waals surface area contributed by atoms with E-state index in [2.05, 4.69) is 21.2 Å². The largest absolute Gasteiger partial charge is 0.481 e. The fourth-order valence-electron chi connectivity index (χ4n) is 2.00. The van der Waals surface area contributed by atoms with Crippen molar-refractivity contribution in [2.24, 2.45) is 0 Å². The van der Waals surface area contributed by atoms with Gasteiger partial charge in [-0.15, -0.1) is 0 Å². The minimum absolute atomic E-state index is 0.0214. The molecule has 1 N–H and O–H groups in total. The summed E-state index contributed by atoms with van der Waals surface area (Å²) in [6.07, 6.45) is -0.474. The van der Waals surface area contributed by atoms with E-state index < -0.39 is 6.10 Å². The molecule has 112 valence electrons. The third-order valence-corrected chi connectivity index (χ3v) is 3.89. The van der Waals surface area contributed by atoms with Crippen LogP contribution in [-0.4, -0.2) is 37.0 Å². The number of likely N-dealkylation sites (N-methyl/N-ethyl adjacent to an activating group) is 1. The average Bonchev–Trinajstić information content (AvgIpc) is 2.44. The van der Waals surface area contributed by atoms with Crippen LogP contribution in [0.15, 0.2) is 22.7 Å². The van der Waals surface area contributed by atoms with E-state index in [1.807, 2.05) is 39.1 Å². The standard InChI is InChI=1S/C15H23BrN2O2/c1-5-18(6-2)15(19)11(3)20-13-7-8-14(16)12(9-13)10-17-4/h7-9,11,17H,5-6,10H2,1-4H3. The van der Waals surface area contributed by atoms with E-state index in [0.717, 1.165) is 16.6 Å². The molecule has 1 aromatic rings. The minimum atomic E-state index is -0.474. The summed E-state index contributed by atoms with van der Waals surface area (Å²) >= 11 is 3.50. The Morgan fingerprint density at radius 3 is 2.60 bits per heavy atom. The third-order valence-electron chi connectivity index (χ3n) is 3.12. The SMILES string of the molecule is CCN(CC)C(=O)C(C)Oc1ccc(Br)c(CNC)c1. The number of rotatable bonds is 7. The first-order valence-corrected chi connectivity index (χ1v) is 7.71. The van der Waals surface area contributed by atoms with Gasteiger partial charge in [0.1, 0.15) is 5.75 Å². The lowest BCUT2D eigenvalue weighted by Crippen LogP contribution is -2.40. The van der Waals surface area contributed by atoms with Crippen molar-refractivity contribution in [1.82, 2.24) is 10.2 Å². The molecule has 0 saturated heterocycles. The van der Waals surface area contributed by atoms with E-state index in [9.17, 15) is 4.79 Å². The predicted octanol–water partition coefficient (Wildman–Crippen LogP) is 2.80. The van der Waals surface area contributed by atoms with Crippen molar-refractivity contribution < 1.29 is 9.53 Å². The highest BCUT2D eigenvalue weighted by atomic mass is 79.9. The monoisotopic (exact) mass is 342 g/mol. The molecule has 0 aromatic heterocycles. The number of nitrogens with one attached hydrogen (secondary N) is 1. The smallest absolute Gasteiger partial charge is 0.263 e. The van der Waals surface area contributed by atoms with Crippen molar-refractivity contribution in [2.75, 3.05) is 20.1 Å². The van der Waals surface area contributed by atoms with Crippen molar-refractivity contribution in [3.05, 3.63) is 28.2 Å². The van der Waals surface area contributed by atoms with Gasteiger partial charge in [-0.1, -0.05) is 15.9 Å². The topological polar surface area (TPSA) is 41.6 Å². The lowest BCUT2D eigenvalue weighted by atomic mass is 10.2. The van der Waals surface area contributed by atoms with Gasteiger partial charge in [-0.25, -0.2) is 0 Å². The number of nitrogens with zero attached hydrogens (tertiary/aromatic N) is 1. The van der Waals surface area contributed by atoms with Crippen molar-refractivity contribution in [3.8, 4) is 5.75 Å². The summed E-state index contributed by atoms with van der Waals surface area (Å²) in [6.45, 7) is 7.89. The first-order chi connectivity index (χ1) is 9.53. The van der Waals surface area contributed by atoms with Crippen LogP contribution in [0.2, 0.25) is 0 Å². The molecule has 0 aliphatic rings. The molecule has 0 aliphatic carbocycles. The maximum atomic E-state index is 12.2. The third kappa shape index (κ3) is 4.49. The van der Waals surface area contributed by atoms with Crippen LogP contribution in [0.1, 0.15) is 26.3 Å². The molecule has 1 unspecified atom stereocenters. The maximum absolute atomic E-state index is 12.2. The highest BCUT2D eigenvalue weighted by molar-refractivity contribution is 9.10. The zero-order valence-electron chi connectivity index (χ0n) is 12.6. The highest BCUT2D eigenvalue weighted by Gasteiger charge is 2.19. The highest BCUT2D eigenvalue weighted by Crippen LogP contribution is 2.23. The Kier molecular flexibility index (Phi) is 7.02. The average molecular weight is 343 g/mol. The van der Waals surface area contributed by atoms with Crippen molar-refractivity contribution >= 4 is 21.8 Å². The van der Waals surface area contributed by atoms with Crippen LogP contribution in [0, 0.1) is 0 Å². The number of benzene rings is 1. The Balaban J connectivity index is 2.77. The Hall–Kier alpha value is -1.07. The molecule has 0 aliphatic heterocycles. The molecule has 1 aromatic carbocycles. The normalized spacial score (nSPS) is 12.1. The van der Waals surface area contributed by atoms with E-state index in [1.165, 1.54) is 0 Å². The molecule has 1 atom stereocenters. The number of hydrogen-bond donors (Lipinski definition) is 1. The number of carbonyl (C=O) groups excluding carboxylic acids is 1. The number of hydrogen-bond acceptors (Lipinski definition) is 3. The van der Waals surface area contributed by atoms with E-state index >= 15 is 0 Å². The summed E-state index contributed by atoms with van der Waals surface area (Å²) in [5.74, 6) is 0.736. The second kappa shape index (κ2) is 8.27. The van der Waals surface area contributed by atoms with Gasteiger partial charge in [0.25, 0.3) is 5.91 Å². The fourth-order valence-corrected chi connectivity index (χ4v) is 2.38. The molecular weight excluding hydrogens is 320 g/mol. The fraction of sp³-hybridized carbons (Fsp3) is 0.533. The Morgan fingerprint density at radius 1 is 1.40 bits per heavy atom. The Bertz CT molecular complexity index is 447. The van der Waals surface area contributed by atoms with Gasteiger partial charge in [-0.3, -0.25) is 4.79 Å². The van der Waals surface area contributed by atoms with Gasteiger partial charge in [-0.05, 0) is 51.6 Å². The molecule has 1 rings (SSSR count). The van der Waals surface area contributed by atoms with Gasteiger partial charge in [0.15, 0.2) is 6.10 Å². The second-order valence-electron chi connectivity index (χ2n) is 4.55. The van der Waals surface area contributed by atoms with E-state index in [-0.39, 0.29) is 5.91 Å². The lowest BCUT2D eigenvalue weighted by molar-refractivity contribution is -0.137. The van der Waals surface area contributed by atoms with Crippen molar-refractivity contribution in [3.63, 3.8) is 0 Å². The summed E-state index contributed by atoms with van der Waals surface area (Å²) in [5, 5.41) is 3.10. The number of amides is 1. The first-order valence-electron chi connectivity index (χ1n) is 6.91. The van der Waals surface area contributed by atoms with Crippen LogP contribution >= 0.6 is 15.9 Å². The van der Waals surface area contributed by atoms with E-state index in [4.69, 9.17) is 4.74 Å². The molecule has 1 amide bonds. The molecule has 0 heterocycles. The predicted molar refractivity (Wildman–Crippen MR) is 84.9 cm³/mol.